The number of rotatable bonds is 6. The third-order valence-electron chi connectivity index (χ3n) is 3.22. The molecule has 0 heterocycles. The van der Waals surface area contributed by atoms with E-state index < -0.39 is 16.4 Å². The van der Waals surface area contributed by atoms with E-state index in [-0.39, 0.29) is 5.69 Å². The Morgan fingerprint density at radius 2 is 1.80 bits per heavy atom. The lowest BCUT2D eigenvalue weighted by atomic mass is 10.1. The SMILES string of the molecule is CC(C)(Oc1ccc(Cl)cc1)C(=O)N/N=C/c1ccc([N+](=O)[O-])cc1. The van der Waals surface area contributed by atoms with Crippen LogP contribution in [0.25, 0.3) is 0 Å². The summed E-state index contributed by atoms with van der Waals surface area (Å²) in [7, 11) is 0. The number of nitrogens with one attached hydrogen (secondary N) is 1. The van der Waals surface area contributed by atoms with Gasteiger partial charge in [-0.25, -0.2) is 5.43 Å². The van der Waals surface area contributed by atoms with E-state index in [1.165, 1.54) is 30.5 Å². The van der Waals surface area contributed by atoms with Crippen molar-refractivity contribution in [3.63, 3.8) is 0 Å². The minimum atomic E-state index is -1.15. The van der Waals surface area contributed by atoms with Gasteiger partial charge in [0.2, 0.25) is 0 Å². The smallest absolute Gasteiger partial charge is 0.283 e. The number of ether oxygens (including phenoxy) is 1. The first-order valence-corrected chi connectivity index (χ1v) is 7.68. The van der Waals surface area contributed by atoms with Gasteiger partial charge in [0.05, 0.1) is 11.1 Å². The molecule has 0 aromatic heterocycles. The summed E-state index contributed by atoms with van der Waals surface area (Å²) < 4.78 is 5.64. The van der Waals surface area contributed by atoms with Crippen LogP contribution in [0, 0.1) is 10.1 Å². The van der Waals surface area contributed by atoms with Crippen LogP contribution < -0.4 is 10.2 Å². The molecule has 0 aliphatic heterocycles. The van der Waals surface area contributed by atoms with Crippen molar-refractivity contribution in [2.24, 2.45) is 5.10 Å². The van der Waals surface area contributed by atoms with Gasteiger partial charge >= 0.3 is 0 Å². The minimum absolute atomic E-state index is 0.0151. The van der Waals surface area contributed by atoms with Crippen LogP contribution in [0.15, 0.2) is 53.6 Å². The summed E-state index contributed by atoms with van der Waals surface area (Å²) in [6.07, 6.45) is 1.39. The average molecular weight is 362 g/mol. The van der Waals surface area contributed by atoms with Crippen LogP contribution in [0.3, 0.4) is 0 Å². The molecule has 0 aliphatic carbocycles. The van der Waals surface area contributed by atoms with Crippen molar-refractivity contribution in [1.82, 2.24) is 5.43 Å². The molecule has 0 unspecified atom stereocenters. The standard InChI is InChI=1S/C17H16ClN3O4/c1-17(2,25-15-9-5-13(18)6-10-15)16(22)20-19-11-12-3-7-14(8-4-12)21(23)24/h3-11H,1-2H3,(H,20,22)/b19-11+. The molecule has 2 rings (SSSR count). The molecule has 0 fully saturated rings. The summed E-state index contributed by atoms with van der Waals surface area (Å²) in [6.45, 7) is 3.22. The van der Waals surface area contributed by atoms with Gasteiger partial charge in [-0.1, -0.05) is 11.6 Å². The van der Waals surface area contributed by atoms with Crippen LogP contribution in [0.2, 0.25) is 5.02 Å². The number of amides is 1. The fraction of sp³-hybridized carbons (Fsp3) is 0.176. The number of carbonyl (C=O) groups excluding carboxylic acids is 1. The topological polar surface area (TPSA) is 93.8 Å². The number of nitro benzene ring substituents is 1. The Morgan fingerprint density at radius 1 is 1.20 bits per heavy atom. The van der Waals surface area contributed by atoms with Gasteiger partial charge in [-0.3, -0.25) is 14.9 Å². The fourth-order valence-corrected chi connectivity index (χ4v) is 1.95. The van der Waals surface area contributed by atoms with E-state index in [1.807, 2.05) is 0 Å². The molecule has 0 saturated carbocycles. The number of hydrogen-bond donors (Lipinski definition) is 1. The molecular weight excluding hydrogens is 346 g/mol. The lowest BCUT2D eigenvalue weighted by Crippen LogP contribution is -2.44. The zero-order valence-corrected chi connectivity index (χ0v) is 14.4. The van der Waals surface area contributed by atoms with E-state index >= 15 is 0 Å². The van der Waals surface area contributed by atoms with Crippen LogP contribution in [0.5, 0.6) is 5.75 Å². The average Bonchev–Trinajstić information content (AvgIpc) is 2.57. The molecule has 130 valence electrons. The Balaban J connectivity index is 1.95. The Morgan fingerprint density at radius 3 is 2.36 bits per heavy atom. The third kappa shape index (κ3) is 5.29. The molecule has 7 nitrogen and oxygen atoms in total. The number of halogens is 1. The number of nitrogens with zero attached hydrogens (tertiary/aromatic N) is 2. The van der Waals surface area contributed by atoms with Crippen molar-refractivity contribution >= 4 is 29.4 Å². The maximum atomic E-state index is 12.2. The minimum Gasteiger partial charge on any atom is -0.478 e. The van der Waals surface area contributed by atoms with Gasteiger partial charge in [0.15, 0.2) is 5.60 Å². The van der Waals surface area contributed by atoms with E-state index in [0.717, 1.165) is 0 Å². The summed E-state index contributed by atoms with van der Waals surface area (Å²) in [6, 6.07) is 12.4. The highest BCUT2D eigenvalue weighted by Gasteiger charge is 2.29. The molecule has 0 saturated heterocycles. The molecule has 2 aromatic carbocycles. The van der Waals surface area contributed by atoms with Gasteiger partial charge in [0.25, 0.3) is 11.6 Å². The quantitative estimate of drug-likeness (QED) is 0.483. The summed E-state index contributed by atoms with van der Waals surface area (Å²) in [4.78, 5) is 22.3. The summed E-state index contributed by atoms with van der Waals surface area (Å²) >= 11 is 5.81. The molecule has 8 heteroatoms. The number of nitro groups is 1. The highest BCUT2D eigenvalue weighted by molar-refractivity contribution is 6.30. The molecule has 1 amide bonds. The first-order valence-electron chi connectivity index (χ1n) is 7.30. The van der Waals surface area contributed by atoms with Crippen LogP contribution in [-0.2, 0) is 4.79 Å². The number of hydrogen-bond acceptors (Lipinski definition) is 5. The van der Waals surface area contributed by atoms with E-state index in [4.69, 9.17) is 16.3 Å². The van der Waals surface area contributed by atoms with E-state index in [9.17, 15) is 14.9 Å². The number of hydrazone groups is 1. The van der Waals surface area contributed by atoms with Crippen molar-refractivity contribution in [2.75, 3.05) is 0 Å². The molecule has 0 spiro atoms. The zero-order chi connectivity index (χ0) is 18.4. The summed E-state index contributed by atoms with van der Waals surface area (Å²) in [5.74, 6) is 0.0597. The van der Waals surface area contributed by atoms with E-state index in [2.05, 4.69) is 10.5 Å². The Bertz CT molecular complexity index is 787. The van der Waals surface area contributed by atoms with Crippen molar-refractivity contribution < 1.29 is 14.5 Å². The highest BCUT2D eigenvalue weighted by Crippen LogP contribution is 2.21. The Labute approximate surface area is 149 Å². The maximum Gasteiger partial charge on any atom is 0.283 e. The molecule has 0 radical (unpaired) electrons. The molecule has 0 bridgehead atoms. The molecule has 25 heavy (non-hydrogen) atoms. The van der Waals surface area contributed by atoms with Gasteiger partial charge in [0, 0.05) is 17.2 Å². The predicted molar refractivity (Wildman–Crippen MR) is 95.0 cm³/mol. The first kappa shape index (κ1) is 18.4. The molecule has 0 atom stereocenters. The number of non-ortho nitro benzene ring substituents is 1. The van der Waals surface area contributed by atoms with Gasteiger partial charge in [0.1, 0.15) is 5.75 Å². The normalized spacial score (nSPS) is 11.3. The predicted octanol–water partition coefficient (Wildman–Crippen LogP) is 3.56. The monoisotopic (exact) mass is 361 g/mol. The van der Waals surface area contributed by atoms with E-state index in [1.54, 1.807) is 38.1 Å². The molecule has 0 aliphatic rings. The lowest BCUT2D eigenvalue weighted by molar-refractivity contribution is -0.384. The van der Waals surface area contributed by atoms with Gasteiger partial charge < -0.3 is 4.74 Å². The van der Waals surface area contributed by atoms with E-state index in [0.29, 0.717) is 16.3 Å². The second kappa shape index (κ2) is 7.76. The van der Waals surface area contributed by atoms with Gasteiger partial charge in [-0.15, -0.1) is 0 Å². The Kier molecular flexibility index (Phi) is 5.71. The van der Waals surface area contributed by atoms with Crippen molar-refractivity contribution in [1.29, 1.82) is 0 Å². The van der Waals surface area contributed by atoms with Crippen molar-refractivity contribution in [3.05, 3.63) is 69.2 Å². The largest absolute Gasteiger partial charge is 0.478 e. The number of benzene rings is 2. The van der Waals surface area contributed by atoms with Crippen molar-refractivity contribution in [2.45, 2.75) is 19.4 Å². The van der Waals surface area contributed by atoms with Gasteiger partial charge in [-0.05, 0) is 55.8 Å². The first-order chi connectivity index (χ1) is 11.8. The van der Waals surface area contributed by atoms with Crippen LogP contribution in [-0.4, -0.2) is 22.6 Å². The zero-order valence-electron chi connectivity index (χ0n) is 13.6. The van der Waals surface area contributed by atoms with Crippen LogP contribution in [0.4, 0.5) is 5.69 Å². The molecular formula is C17H16ClN3O4. The van der Waals surface area contributed by atoms with Crippen LogP contribution in [0.1, 0.15) is 19.4 Å². The molecule has 2 aromatic rings. The second-order valence-electron chi connectivity index (χ2n) is 5.61. The number of carbonyl (C=O) groups is 1. The van der Waals surface area contributed by atoms with Gasteiger partial charge in [-0.2, -0.15) is 5.10 Å². The highest BCUT2D eigenvalue weighted by atomic mass is 35.5. The third-order valence-corrected chi connectivity index (χ3v) is 3.47. The Hall–Kier alpha value is -2.93. The summed E-state index contributed by atoms with van der Waals surface area (Å²) in [5, 5.41) is 15.0. The maximum absolute atomic E-state index is 12.2. The fourth-order valence-electron chi connectivity index (χ4n) is 1.83. The second-order valence-corrected chi connectivity index (χ2v) is 6.05. The summed E-state index contributed by atoms with van der Waals surface area (Å²) in [5.41, 5.74) is 1.83. The van der Waals surface area contributed by atoms with Crippen LogP contribution >= 0.6 is 11.6 Å². The molecule has 1 N–H and O–H groups in total. The lowest BCUT2D eigenvalue weighted by Gasteiger charge is -2.24. The van der Waals surface area contributed by atoms with Crippen molar-refractivity contribution in [3.8, 4) is 5.75 Å².